The molecule has 4 heterocycles. The Kier molecular flexibility index (Phi) is 6.42. The van der Waals surface area contributed by atoms with Gasteiger partial charge in [-0.25, -0.2) is 4.98 Å². The number of aryl methyl sites for hydroxylation is 2. The van der Waals surface area contributed by atoms with Gasteiger partial charge in [-0.1, -0.05) is 48.9 Å². The first-order chi connectivity index (χ1) is 16.1. The van der Waals surface area contributed by atoms with E-state index >= 15 is 0 Å². The number of carbonyl (C=O) groups is 1. The van der Waals surface area contributed by atoms with Gasteiger partial charge >= 0.3 is 0 Å². The van der Waals surface area contributed by atoms with Gasteiger partial charge in [0.15, 0.2) is 0 Å². The molecule has 1 amide bonds. The van der Waals surface area contributed by atoms with Crippen molar-refractivity contribution in [1.82, 2.24) is 19.4 Å². The van der Waals surface area contributed by atoms with Crippen LogP contribution in [0.3, 0.4) is 0 Å². The Morgan fingerprint density at radius 3 is 2.64 bits per heavy atom. The molecule has 0 spiro atoms. The number of carbonyl (C=O) groups excluding carboxylic acids is 1. The van der Waals surface area contributed by atoms with Gasteiger partial charge in [-0.15, -0.1) is 11.3 Å². The number of thiophene rings is 1. The van der Waals surface area contributed by atoms with Crippen molar-refractivity contribution in [3.63, 3.8) is 0 Å². The maximum Gasteiger partial charge on any atom is 0.264 e. The predicted octanol–water partition coefficient (Wildman–Crippen LogP) is 3.96. The van der Waals surface area contributed by atoms with Gasteiger partial charge in [-0.3, -0.25) is 19.1 Å². The monoisotopic (exact) mass is 462 g/mol. The molecule has 2 aromatic heterocycles. The number of benzene rings is 1. The summed E-state index contributed by atoms with van der Waals surface area (Å²) in [6, 6.07) is 10.3. The van der Waals surface area contributed by atoms with Gasteiger partial charge < -0.3 is 4.90 Å². The highest BCUT2D eigenvalue weighted by atomic mass is 32.1. The first-order valence-electron chi connectivity index (χ1n) is 11.9. The largest absolute Gasteiger partial charge is 0.335 e. The molecule has 1 fully saturated rings. The number of nitrogens with zero attached hydrogens (tertiary/aromatic N) is 4. The van der Waals surface area contributed by atoms with E-state index in [1.165, 1.54) is 16.9 Å². The van der Waals surface area contributed by atoms with Crippen molar-refractivity contribution in [1.29, 1.82) is 0 Å². The molecule has 0 saturated carbocycles. The van der Waals surface area contributed by atoms with E-state index in [9.17, 15) is 9.59 Å². The normalized spacial score (nSPS) is 17.4. The van der Waals surface area contributed by atoms with Gasteiger partial charge in [0.25, 0.3) is 11.5 Å². The summed E-state index contributed by atoms with van der Waals surface area (Å²) in [7, 11) is 0. The molecule has 33 heavy (non-hydrogen) atoms. The van der Waals surface area contributed by atoms with Crippen LogP contribution in [0.15, 0.2) is 41.2 Å². The number of hydrogen-bond donors (Lipinski definition) is 0. The lowest BCUT2D eigenvalue weighted by Crippen LogP contribution is -2.48. The maximum absolute atomic E-state index is 13.4. The van der Waals surface area contributed by atoms with Crippen LogP contribution in [0.2, 0.25) is 0 Å². The molecule has 0 bridgehead atoms. The molecule has 0 aliphatic carbocycles. The Balaban J connectivity index is 1.28. The van der Waals surface area contributed by atoms with Crippen molar-refractivity contribution < 1.29 is 4.79 Å². The van der Waals surface area contributed by atoms with Crippen molar-refractivity contribution >= 4 is 33.5 Å². The van der Waals surface area contributed by atoms with Crippen molar-refractivity contribution in [2.75, 3.05) is 32.7 Å². The molecule has 0 unspecified atom stereocenters. The fourth-order valence-electron chi connectivity index (χ4n) is 4.79. The van der Waals surface area contributed by atoms with Crippen molar-refractivity contribution in [3.05, 3.63) is 68.6 Å². The van der Waals surface area contributed by atoms with Gasteiger partial charge in [-0.2, -0.15) is 0 Å². The Hall–Kier alpha value is -2.77. The summed E-state index contributed by atoms with van der Waals surface area (Å²) in [6.45, 7) is 6.63. The summed E-state index contributed by atoms with van der Waals surface area (Å²) in [5.74, 6) is 0.914. The number of hydrogen-bond acceptors (Lipinski definition) is 5. The summed E-state index contributed by atoms with van der Waals surface area (Å²) in [6.07, 6.45) is 8.38. The molecule has 0 N–H and O–H groups in total. The molecule has 5 rings (SSSR count). The minimum Gasteiger partial charge on any atom is -0.335 e. The van der Waals surface area contributed by atoms with E-state index in [1.807, 2.05) is 34.6 Å². The van der Waals surface area contributed by atoms with Gasteiger partial charge in [0.05, 0.1) is 10.3 Å². The minimum atomic E-state index is 0.0275. The second kappa shape index (κ2) is 9.61. The van der Waals surface area contributed by atoms with Crippen LogP contribution in [-0.4, -0.2) is 58.0 Å². The van der Waals surface area contributed by atoms with Crippen LogP contribution >= 0.6 is 11.3 Å². The zero-order valence-corrected chi connectivity index (χ0v) is 19.9. The summed E-state index contributed by atoms with van der Waals surface area (Å²) >= 11 is 1.39. The Labute approximate surface area is 198 Å². The third-order valence-corrected chi connectivity index (χ3v) is 7.91. The topological polar surface area (TPSA) is 58.4 Å². The van der Waals surface area contributed by atoms with Crippen molar-refractivity contribution in [3.8, 4) is 0 Å². The van der Waals surface area contributed by atoms with E-state index in [1.54, 1.807) is 0 Å². The third-order valence-electron chi connectivity index (χ3n) is 6.74. The molecule has 1 aromatic carbocycles. The lowest BCUT2D eigenvalue weighted by molar-refractivity contribution is 0.0654. The third kappa shape index (κ3) is 4.52. The molecule has 2 aliphatic rings. The second-order valence-electron chi connectivity index (χ2n) is 8.94. The molecule has 7 heteroatoms. The lowest BCUT2D eigenvalue weighted by Gasteiger charge is -2.34. The summed E-state index contributed by atoms with van der Waals surface area (Å²) in [5.41, 5.74) is 2.03. The molecule has 1 saturated heterocycles. The highest BCUT2D eigenvalue weighted by Gasteiger charge is 2.27. The van der Waals surface area contributed by atoms with Crippen molar-refractivity contribution in [2.45, 2.75) is 39.2 Å². The average Bonchev–Trinajstić information content (AvgIpc) is 3.00. The van der Waals surface area contributed by atoms with Gasteiger partial charge in [0.2, 0.25) is 0 Å². The Bertz CT molecular complexity index is 1240. The van der Waals surface area contributed by atoms with Crippen LogP contribution in [0.5, 0.6) is 0 Å². The fourth-order valence-corrected chi connectivity index (χ4v) is 5.95. The fraction of sp³-hybridized carbons (Fsp3) is 0.423. The molecule has 3 aromatic rings. The van der Waals surface area contributed by atoms with Gasteiger partial charge in [0.1, 0.15) is 10.7 Å². The molecule has 2 aliphatic heterocycles. The van der Waals surface area contributed by atoms with Gasteiger partial charge in [-0.05, 0) is 30.9 Å². The van der Waals surface area contributed by atoms with Crippen LogP contribution in [0, 0.1) is 6.92 Å². The molecular formula is C26H30N4O2S. The van der Waals surface area contributed by atoms with Crippen LogP contribution in [0.25, 0.3) is 16.3 Å². The predicted molar refractivity (Wildman–Crippen MR) is 134 cm³/mol. The van der Waals surface area contributed by atoms with Crippen LogP contribution in [0.4, 0.5) is 0 Å². The molecular weight excluding hydrogens is 432 g/mol. The number of aromatic nitrogens is 2. The van der Waals surface area contributed by atoms with E-state index in [-0.39, 0.29) is 11.5 Å². The number of amides is 1. The van der Waals surface area contributed by atoms with E-state index in [0.717, 1.165) is 68.1 Å². The van der Waals surface area contributed by atoms with E-state index in [2.05, 4.69) is 29.2 Å². The zero-order valence-electron chi connectivity index (χ0n) is 19.1. The zero-order chi connectivity index (χ0) is 22.8. The quantitative estimate of drug-likeness (QED) is 0.589. The first kappa shape index (κ1) is 22.0. The Morgan fingerprint density at radius 2 is 1.85 bits per heavy atom. The minimum absolute atomic E-state index is 0.0275. The highest BCUT2D eigenvalue weighted by Crippen LogP contribution is 2.29. The van der Waals surface area contributed by atoms with Crippen LogP contribution < -0.4 is 5.56 Å². The highest BCUT2D eigenvalue weighted by molar-refractivity contribution is 7.20. The van der Waals surface area contributed by atoms with E-state index in [4.69, 9.17) is 4.98 Å². The smallest absolute Gasteiger partial charge is 0.264 e. The van der Waals surface area contributed by atoms with Crippen molar-refractivity contribution in [2.24, 2.45) is 0 Å². The maximum atomic E-state index is 13.4. The summed E-state index contributed by atoms with van der Waals surface area (Å²) in [5, 5.41) is 0.638. The molecule has 0 radical (unpaired) electrons. The van der Waals surface area contributed by atoms with Crippen LogP contribution in [-0.2, 0) is 13.0 Å². The van der Waals surface area contributed by atoms with E-state index in [0.29, 0.717) is 23.4 Å². The number of piperazine rings is 1. The Morgan fingerprint density at radius 1 is 1.06 bits per heavy atom. The second-order valence-corrected chi connectivity index (χ2v) is 9.94. The van der Waals surface area contributed by atoms with E-state index < -0.39 is 0 Å². The first-order valence-corrected chi connectivity index (χ1v) is 12.7. The lowest BCUT2D eigenvalue weighted by atomic mass is 10.2. The molecule has 0 atom stereocenters. The molecule has 6 nitrogen and oxygen atoms in total. The standard InChI is InChI=1S/C26H30N4O2S/c1-19-22-24(27-21-12-6-3-7-14-30(21)25(22)31)33-23(19)26(32)29-17-15-28(16-18-29)13-8-11-20-9-4-2-5-10-20/h2,4-5,8-11H,3,6-7,12-18H2,1H3/b11-8+. The number of rotatable bonds is 4. The number of fused-ring (bicyclic) bond motifs is 2. The average molecular weight is 463 g/mol. The molecule has 172 valence electrons. The van der Waals surface area contributed by atoms with Crippen LogP contribution in [0.1, 0.15) is 45.9 Å². The SMILES string of the molecule is Cc1c(C(=O)N2CCN(C/C=C/c3ccccc3)CC2)sc2nc3n(c(=O)c12)CCCCC3. The summed E-state index contributed by atoms with van der Waals surface area (Å²) < 4.78 is 1.84. The van der Waals surface area contributed by atoms with Gasteiger partial charge in [0, 0.05) is 45.7 Å². The summed E-state index contributed by atoms with van der Waals surface area (Å²) in [4.78, 5) is 37.0.